The maximum Gasteiger partial charge on any atom is 0.271 e. The van der Waals surface area contributed by atoms with Crippen LogP contribution < -0.4 is 5.32 Å². The molecule has 5 heteroatoms. The number of aromatic nitrogens is 1. The molecule has 1 aromatic heterocycles. The van der Waals surface area contributed by atoms with Gasteiger partial charge in [-0.3, -0.25) is 9.59 Å². The lowest BCUT2D eigenvalue weighted by atomic mass is 9.93. The predicted octanol–water partition coefficient (Wildman–Crippen LogP) is 5.33. The van der Waals surface area contributed by atoms with Crippen molar-refractivity contribution in [1.82, 2.24) is 14.8 Å². The molecule has 0 spiro atoms. The lowest BCUT2D eigenvalue weighted by molar-refractivity contribution is -0.133. The van der Waals surface area contributed by atoms with E-state index in [4.69, 9.17) is 0 Å². The van der Waals surface area contributed by atoms with Gasteiger partial charge in [-0.05, 0) is 50.3 Å². The molecule has 1 saturated carbocycles. The number of rotatable bonds is 6. The molecule has 0 saturated heterocycles. The van der Waals surface area contributed by atoms with E-state index in [1.165, 1.54) is 18.4 Å². The Labute approximate surface area is 202 Å². The predicted molar refractivity (Wildman–Crippen MR) is 136 cm³/mol. The number of aryl methyl sites for hydroxylation is 1. The number of nitrogens with zero attached hydrogens (tertiary/aromatic N) is 2. The summed E-state index contributed by atoms with van der Waals surface area (Å²) in [6.07, 6.45) is 8.57. The third-order valence-corrected chi connectivity index (χ3v) is 7.71. The molecule has 1 fully saturated rings. The van der Waals surface area contributed by atoms with Gasteiger partial charge in [0.05, 0.1) is 6.54 Å². The highest BCUT2D eigenvalue weighted by atomic mass is 16.2. The zero-order chi connectivity index (χ0) is 23.5. The molecule has 0 radical (unpaired) electrons. The van der Waals surface area contributed by atoms with Crippen LogP contribution in [0.25, 0.3) is 10.9 Å². The molecule has 2 heterocycles. The molecule has 178 valence electrons. The summed E-state index contributed by atoms with van der Waals surface area (Å²) in [5.74, 6) is -0.0649. The molecule has 1 N–H and O–H groups in total. The van der Waals surface area contributed by atoms with Crippen molar-refractivity contribution < 1.29 is 9.59 Å². The van der Waals surface area contributed by atoms with E-state index < -0.39 is 5.54 Å². The molecule has 1 unspecified atom stereocenters. The lowest BCUT2D eigenvalue weighted by Crippen LogP contribution is -2.65. The summed E-state index contributed by atoms with van der Waals surface area (Å²) < 4.78 is 2.05. The van der Waals surface area contributed by atoms with Crippen LogP contribution in [-0.4, -0.2) is 39.4 Å². The Kier molecular flexibility index (Phi) is 6.44. The van der Waals surface area contributed by atoms with Gasteiger partial charge >= 0.3 is 0 Å². The van der Waals surface area contributed by atoms with Crippen LogP contribution in [0.5, 0.6) is 0 Å². The number of amides is 2. The van der Waals surface area contributed by atoms with Gasteiger partial charge in [0.15, 0.2) is 0 Å². The van der Waals surface area contributed by atoms with Gasteiger partial charge in [0.25, 0.3) is 5.91 Å². The highest BCUT2D eigenvalue weighted by Crippen LogP contribution is 2.33. The third kappa shape index (κ3) is 4.36. The number of carbonyl (C=O) groups excluding carboxylic acids is 2. The quantitative estimate of drug-likeness (QED) is 0.509. The summed E-state index contributed by atoms with van der Waals surface area (Å²) >= 11 is 0. The van der Waals surface area contributed by atoms with E-state index in [9.17, 15) is 9.59 Å². The fourth-order valence-corrected chi connectivity index (χ4v) is 5.71. The second kappa shape index (κ2) is 9.65. The zero-order valence-corrected chi connectivity index (χ0v) is 20.1. The first-order valence-corrected chi connectivity index (χ1v) is 12.8. The monoisotopic (exact) mass is 457 g/mol. The Bertz CT molecular complexity index is 1160. The Balaban J connectivity index is 1.43. The van der Waals surface area contributed by atoms with Crippen LogP contribution in [0.15, 0.2) is 60.7 Å². The largest absolute Gasteiger partial charge is 0.351 e. The minimum Gasteiger partial charge on any atom is -0.351 e. The van der Waals surface area contributed by atoms with Crippen LogP contribution in [0.3, 0.4) is 0 Å². The Hall–Kier alpha value is -3.08. The van der Waals surface area contributed by atoms with E-state index in [1.54, 1.807) is 0 Å². The molecule has 3 aromatic rings. The van der Waals surface area contributed by atoms with E-state index in [0.717, 1.165) is 49.4 Å². The fourth-order valence-electron chi connectivity index (χ4n) is 5.71. The molecular formula is C29H35N3O2. The third-order valence-electron chi connectivity index (χ3n) is 7.71. The summed E-state index contributed by atoms with van der Waals surface area (Å²) in [5.41, 5.74) is 2.03. The maximum absolute atomic E-state index is 13.8. The van der Waals surface area contributed by atoms with Crippen LogP contribution in [-0.2, 0) is 17.8 Å². The van der Waals surface area contributed by atoms with E-state index in [2.05, 4.69) is 22.0 Å². The SMILES string of the molecule is CC1(C(=O)NC2CCCCCC2)Cn2c(cc3ccccc32)C(=O)N1CCCc1ccccc1. The Morgan fingerprint density at radius 3 is 2.47 bits per heavy atom. The number of hydrogen-bond acceptors (Lipinski definition) is 2. The van der Waals surface area contributed by atoms with E-state index in [1.807, 2.05) is 60.4 Å². The van der Waals surface area contributed by atoms with Crippen molar-refractivity contribution >= 4 is 22.7 Å². The van der Waals surface area contributed by atoms with Crippen molar-refractivity contribution in [2.24, 2.45) is 0 Å². The second-order valence-corrected chi connectivity index (χ2v) is 10.2. The van der Waals surface area contributed by atoms with Crippen LogP contribution >= 0.6 is 0 Å². The van der Waals surface area contributed by atoms with Crippen molar-refractivity contribution in [3.8, 4) is 0 Å². The molecule has 2 amide bonds. The first-order valence-electron chi connectivity index (χ1n) is 12.8. The first-order chi connectivity index (χ1) is 16.6. The highest BCUT2D eigenvalue weighted by molar-refractivity contribution is 6.03. The van der Waals surface area contributed by atoms with Gasteiger partial charge < -0.3 is 14.8 Å². The highest BCUT2D eigenvalue weighted by Gasteiger charge is 2.47. The van der Waals surface area contributed by atoms with Crippen molar-refractivity contribution in [2.45, 2.75) is 76.4 Å². The summed E-state index contributed by atoms with van der Waals surface area (Å²) in [6.45, 7) is 2.99. The van der Waals surface area contributed by atoms with E-state index in [0.29, 0.717) is 18.8 Å². The molecule has 2 aromatic carbocycles. The molecule has 1 aliphatic heterocycles. The summed E-state index contributed by atoms with van der Waals surface area (Å²) in [6, 6.07) is 20.6. The van der Waals surface area contributed by atoms with Gasteiger partial charge in [-0.2, -0.15) is 0 Å². The van der Waals surface area contributed by atoms with Gasteiger partial charge in [-0.25, -0.2) is 0 Å². The lowest BCUT2D eigenvalue weighted by Gasteiger charge is -2.44. The molecule has 5 nitrogen and oxygen atoms in total. The van der Waals surface area contributed by atoms with Crippen molar-refractivity contribution in [2.75, 3.05) is 6.54 Å². The summed E-state index contributed by atoms with van der Waals surface area (Å²) in [5, 5.41) is 4.40. The molecule has 5 rings (SSSR count). The smallest absolute Gasteiger partial charge is 0.271 e. The Morgan fingerprint density at radius 1 is 1.00 bits per heavy atom. The topological polar surface area (TPSA) is 54.3 Å². The van der Waals surface area contributed by atoms with Crippen LogP contribution in [0.4, 0.5) is 0 Å². The number of carbonyl (C=O) groups is 2. The van der Waals surface area contributed by atoms with Gasteiger partial charge in [0.2, 0.25) is 5.91 Å². The van der Waals surface area contributed by atoms with Gasteiger partial charge in [0.1, 0.15) is 11.2 Å². The van der Waals surface area contributed by atoms with Crippen LogP contribution in [0.1, 0.15) is 67.9 Å². The normalized spacial score (nSPS) is 21.3. The number of para-hydroxylation sites is 1. The van der Waals surface area contributed by atoms with E-state index >= 15 is 0 Å². The second-order valence-electron chi connectivity index (χ2n) is 10.2. The minimum atomic E-state index is -0.922. The number of hydrogen-bond donors (Lipinski definition) is 1. The summed E-state index contributed by atoms with van der Waals surface area (Å²) in [7, 11) is 0. The van der Waals surface area contributed by atoms with E-state index in [-0.39, 0.29) is 17.9 Å². The average Bonchev–Trinajstić information content (AvgIpc) is 3.02. The van der Waals surface area contributed by atoms with Crippen molar-refractivity contribution in [3.63, 3.8) is 0 Å². The minimum absolute atomic E-state index is 0.0177. The average molecular weight is 458 g/mol. The molecule has 34 heavy (non-hydrogen) atoms. The number of nitrogens with one attached hydrogen (secondary N) is 1. The van der Waals surface area contributed by atoms with Gasteiger partial charge in [-0.1, -0.05) is 74.2 Å². The molecule has 0 bridgehead atoms. The van der Waals surface area contributed by atoms with Crippen LogP contribution in [0.2, 0.25) is 0 Å². The molecule has 1 aliphatic carbocycles. The zero-order valence-electron chi connectivity index (χ0n) is 20.1. The summed E-state index contributed by atoms with van der Waals surface area (Å²) in [4.78, 5) is 29.5. The Morgan fingerprint density at radius 2 is 1.71 bits per heavy atom. The molecular weight excluding hydrogens is 422 g/mol. The first kappa shape index (κ1) is 22.7. The standard InChI is InChI=1S/C29H35N3O2/c1-29(28(34)30-24-16-7-2-3-8-17-24)21-31-25-18-10-9-15-23(25)20-26(31)27(33)32(29)19-11-14-22-12-5-4-6-13-22/h4-6,9-10,12-13,15,18,20,24H,2-3,7-8,11,14,16-17,19,21H2,1H3,(H,30,34). The molecule has 2 aliphatic rings. The van der Waals surface area contributed by atoms with Gasteiger partial charge in [-0.15, -0.1) is 0 Å². The molecule has 1 atom stereocenters. The fraction of sp³-hybridized carbons (Fsp3) is 0.448. The van der Waals surface area contributed by atoms with Crippen LogP contribution in [0, 0.1) is 0 Å². The maximum atomic E-state index is 13.8. The van der Waals surface area contributed by atoms with Crippen molar-refractivity contribution in [1.29, 1.82) is 0 Å². The number of benzene rings is 2. The van der Waals surface area contributed by atoms with Gasteiger partial charge in [0, 0.05) is 23.5 Å². The van der Waals surface area contributed by atoms with Crippen molar-refractivity contribution in [3.05, 3.63) is 71.9 Å². The number of fused-ring (bicyclic) bond motifs is 3.